The van der Waals surface area contributed by atoms with Gasteiger partial charge < -0.3 is 15.0 Å². The fraction of sp³-hybridized carbons (Fsp3) is 0.320. The monoisotopic (exact) mass is 461 g/mol. The molecule has 1 aliphatic rings. The number of methoxy groups -OCH3 is 1. The van der Waals surface area contributed by atoms with Crippen LogP contribution in [0.25, 0.3) is 16.0 Å². The van der Waals surface area contributed by atoms with E-state index >= 15 is 0 Å². The molecule has 5 rings (SSSR count). The molecule has 0 aliphatic carbocycles. The first-order valence-corrected chi connectivity index (χ1v) is 12.0. The van der Waals surface area contributed by atoms with Crippen molar-refractivity contribution in [3.8, 4) is 11.4 Å². The Kier molecular flexibility index (Phi) is 6.00. The fourth-order valence-corrected chi connectivity index (χ4v) is 5.28. The van der Waals surface area contributed by atoms with Crippen molar-refractivity contribution in [2.24, 2.45) is 5.92 Å². The van der Waals surface area contributed by atoms with Crippen LogP contribution in [-0.2, 0) is 11.3 Å². The number of carbonyl (C=O) groups is 1. The zero-order chi connectivity index (χ0) is 22.8. The fourth-order valence-electron chi connectivity index (χ4n) is 4.26. The van der Waals surface area contributed by atoms with Crippen LogP contribution in [0.2, 0.25) is 0 Å². The Morgan fingerprint density at radius 3 is 2.73 bits per heavy atom. The quantitative estimate of drug-likeness (QED) is 0.463. The number of amides is 1. The molecule has 1 saturated heterocycles. The van der Waals surface area contributed by atoms with Gasteiger partial charge in [-0.25, -0.2) is 4.68 Å². The van der Waals surface area contributed by atoms with E-state index < -0.39 is 0 Å². The second-order valence-corrected chi connectivity index (χ2v) is 9.31. The molecule has 1 fully saturated rings. The Hall–Kier alpha value is -3.39. The summed E-state index contributed by atoms with van der Waals surface area (Å²) in [6.45, 7) is 4.17. The van der Waals surface area contributed by atoms with Crippen LogP contribution in [0, 0.1) is 12.8 Å². The number of hydrogen-bond donors (Lipinski definition) is 1. The normalized spacial score (nSPS) is 16.2. The molecule has 8 heteroatoms. The molecule has 0 unspecified atom stereocenters. The molecule has 1 N–H and O–H groups in total. The molecule has 1 aliphatic heterocycles. The summed E-state index contributed by atoms with van der Waals surface area (Å²) < 4.78 is 8.24. The average Bonchev–Trinajstić information content (AvgIpc) is 3.44. The summed E-state index contributed by atoms with van der Waals surface area (Å²) in [6, 6.07) is 17.8. The van der Waals surface area contributed by atoms with Crippen LogP contribution in [0.5, 0.6) is 5.75 Å². The number of anilines is 1. The Balaban J connectivity index is 1.32. The van der Waals surface area contributed by atoms with E-state index in [1.165, 1.54) is 0 Å². The number of aryl methyl sites for hydroxylation is 1. The van der Waals surface area contributed by atoms with Crippen LogP contribution < -0.4 is 15.0 Å². The van der Waals surface area contributed by atoms with Crippen LogP contribution in [0.1, 0.15) is 24.1 Å². The molecule has 0 radical (unpaired) electrons. The van der Waals surface area contributed by atoms with Crippen molar-refractivity contribution in [3.05, 3.63) is 65.9 Å². The van der Waals surface area contributed by atoms with Crippen LogP contribution in [0.3, 0.4) is 0 Å². The molecule has 0 bridgehead atoms. The van der Waals surface area contributed by atoms with Crippen molar-refractivity contribution in [2.45, 2.75) is 26.3 Å². The topological polar surface area (TPSA) is 72.3 Å². The first-order chi connectivity index (χ1) is 16.1. The number of rotatable bonds is 6. The average molecular weight is 462 g/mol. The highest BCUT2D eigenvalue weighted by Gasteiger charge is 2.28. The number of ether oxygens (including phenoxy) is 1. The molecule has 0 spiro atoms. The number of nitrogens with zero attached hydrogens (tertiary/aromatic N) is 4. The van der Waals surface area contributed by atoms with E-state index in [-0.39, 0.29) is 11.8 Å². The lowest BCUT2D eigenvalue weighted by Gasteiger charge is -2.31. The Bertz CT molecular complexity index is 1250. The standard InChI is InChI=1S/C25H27N5O2S/c1-17-22-23(30(28-17)20-10-12-21(32-2)13-11-20)27-25(33-22)29-14-6-9-19(16-29)24(31)26-15-18-7-4-3-5-8-18/h3-5,7-8,10-13,19H,6,9,14-16H2,1-2H3,(H,26,31)/t19-/m1/s1. The third-order valence-corrected chi connectivity index (χ3v) is 7.28. The maximum absolute atomic E-state index is 12.8. The SMILES string of the molecule is COc1ccc(-n2nc(C)c3sc(N4CCC[C@@H](C(=O)NCc5ccccc5)C4)nc32)cc1. The minimum Gasteiger partial charge on any atom is -0.497 e. The maximum atomic E-state index is 12.8. The molecule has 170 valence electrons. The van der Waals surface area contributed by atoms with Gasteiger partial charge in [-0.2, -0.15) is 10.1 Å². The highest BCUT2D eigenvalue weighted by Crippen LogP contribution is 2.34. The molecule has 1 amide bonds. The number of nitrogens with one attached hydrogen (secondary N) is 1. The van der Waals surface area contributed by atoms with Crippen molar-refractivity contribution in [1.82, 2.24) is 20.1 Å². The van der Waals surface area contributed by atoms with Gasteiger partial charge in [0, 0.05) is 19.6 Å². The van der Waals surface area contributed by atoms with E-state index in [9.17, 15) is 4.79 Å². The number of hydrogen-bond acceptors (Lipinski definition) is 6. The lowest BCUT2D eigenvalue weighted by Crippen LogP contribution is -2.42. The number of piperidine rings is 1. The van der Waals surface area contributed by atoms with Gasteiger partial charge in [-0.15, -0.1) is 0 Å². The Morgan fingerprint density at radius 2 is 1.97 bits per heavy atom. The lowest BCUT2D eigenvalue weighted by molar-refractivity contribution is -0.125. The summed E-state index contributed by atoms with van der Waals surface area (Å²) in [5, 5.41) is 8.76. The van der Waals surface area contributed by atoms with Gasteiger partial charge in [0.15, 0.2) is 10.8 Å². The number of fused-ring (bicyclic) bond motifs is 1. The van der Waals surface area contributed by atoms with Crippen LogP contribution >= 0.6 is 11.3 Å². The molecule has 3 heterocycles. The zero-order valence-corrected chi connectivity index (χ0v) is 19.6. The van der Waals surface area contributed by atoms with Crippen molar-refractivity contribution in [3.63, 3.8) is 0 Å². The molecular formula is C25H27N5O2S. The van der Waals surface area contributed by atoms with Crippen molar-refractivity contribution < 1.29 is 9.53 Å². The lowest BCUT2D eigenvalue weighted by atomic mass is 9.97. The first-order valence-electron chi connectivity index (χ1n) is 11.2. The van der Waals surface area contributed by atoms with Gasteiger partial charge in [0.2, 0.25) is 5.91 Å². The number of benzene rings is 2. The van der Waals surface area contributed by atoms with Gasteiger partial charge in [0.25, 0.3) is 0 Å². The van der Waals surface area contributed by atoms with E-state index in [4.69, 9.17) is 14.8 Å². The summed E-state index contributed by atoms with van der Waals surface area (Å²) in [4.78, 5) is 20.0. The molecule has 7 nitrogen and oxygen atoms in total. The minimum atomic E-state index is -0.0336. The van der Waals surface area contributed by atoms with Crippen LogP contribution in [0.4, 0.5) is 5.13 Å². The van der Waals surface area contributed by atoms with E-state index in [0.29, 0.717) is 13.1 Å². The van der Waals surface area contributed by atoms with Gasteiger partial charge in [-0.1, -0.05) is 41.7 Å². The van der Waals surface area contributed by atoms with E-state index in [0.717, 1.165) is 57.6 Å². The summed E-state index contributed by atoms with van der Waals surface area (Å²) in [7, 11) is 1.66. The Labute approximate surface area is 197 Å². The van der Waals surface area contributed by atoms with Gasteiger partial charge in [-0.3, -0.25) is 4.79 Å². The second-order valence-electron chi connectivity index (χ2n) is 8.33. The molecule has 4 aromatic rings. The summed E-state index contributed by atoms with van der Waals surface area (Å²) >= 11 is 1.65. The van der Waals surface area contributed by atoms with Gasteiger partial charge in [0.1, 0.15) is 5.75 Å². The van der Waals surface area contributed by atoms with Crippen molar-refractivity contribution in [2.75, 3.05) is 25.1 Å². The third kappa shape index (κ3) is 4.43. The van der Waals surface area contributed by atoms with E-state index in [1.807, 2.05) is 66.2 Å². The second kappa shape index (κ2) is 9.23. The molecule has 0 saturated carbocycles. The number of aromatic nitrogens is 3. The molecule has 1 atom stereocenters. The minimum absolute atomic E-state index is 0.0336. The molecule has 33 heavy (non-hydrogen) atoms. The Morgan fingerprint density at radius 1 is 1.18 bits per heavy atom. The molecule has 2 aromatic heterocycles. The molecular weight excluding hydrogens is 434 g/mol. The summed E-state index contributed by atoms with van der Waals surface area (Å²) in [5.74, 6) is 0.890. The predicted octanol–water partition coefficient (Wildman–Crippen LogP) is 4.33. The van der Waals surface area contributed by atoms with Crippen molar-refractivity contribution in [1.29, 1.82) is 0 Å². The highest BCUT2D eigenvalue weighted by molar-refractivity contribution is 7.22. The van der Waals surface area contributed by atoms with Gasteiger partial charge in [0.05, 0.1) is 29.1 Å². The van der Waals surface area contributed by atoms with Crippen LogP contribution in [0.15, 0.2) is 54.6 Å². The van der Waals surface area contributed by atoms with Gasteiger partial charge in [-0.05, 0) is 49.6 Å². The van der Waals surface area contributed by atoms with Crippen LogP contribution in [-0.4, -0.2) is 40.9 Å². The summed E-state index contributed by atoms with van der Waals surface area (Å²) in [5.41, 5.74) is 3.87. The number of thiazole rings is 1. The van der Waals surface area contributed by atoms with Gasteiger partial charge >= 0.3 is 0 Å². The van der Waals surface area contributed by atoms with E-state index in [1.54, 1.807) is 18.4 Å². The highest BCUT2D eigenvalue weighted by atomic mass is 32.1. The smallest absolute Gasteiger partial charge is 0.225 e. The molecule has 2 aromatic carbocycles. The first kappa shape index (κ1) is 21.5. The maximum Gasteiger partial charge on any atom is 0.225 e. The van der Waals surface area contributed by atoms with E-state index in [2.05, 4.69) is 10.2 Å². The number of carbonyl (C=O) groups excluding carboxylic acids is 1. The zero-order valence-electron chi connectivity index (χ0n) is 18.8. The largest absolute Gasteiger partial charge is 0.497 e. The summed E-state index contributed by atoms with van der Waals surface area (Å²) in [6.07, 6.45) is 1.88. The van der Waals surface area contributed by atoms with Crippen molar-refractivity contribution >= 4 is 32.7 Å². The predicted molar refractivity (Wildman–Crippen MR) is 131 cm³/mol. The third-order valence-electron chi connectivity index (χ3n) is 6.07.